The molecule has 0 unspecified atom stereocenters. The predicted octanol–water partition coefficient (Wildman–Crippen LogP) is 5.81. The topological polar surface area (TPSA) is 58.6 Å². The molecule has 2 saturated carbocycles. The third kappa shape index (κ3) is 5.11. The van der Waals surface area contributed by atoms with Crippen LogP contribution in [-0.4, -0.2) is 24.2 Å². The van der Waals surface area contributed by atoms with Crippen LogP contribution in [-0.2, 0) is 11.3 Å². The van der Waals surface area contributed by atoms with Crippen molar-refractivity contribution in [2.45, 2.75) is 78.9 Å². The molecule has 1 aromatic carbocycles. The van der Waals surface area contributed by atoms with Crippen molar-refractivity contribution in [3.63, 3.8) is 0 Å². The summed E-state index contributed by atoms with van der Waals surface area (Å²) in [4.78, 5) is 12.4. The first kappa shape index (κ1) is 24.6. The van der Waals surface area contributed by atoms with E-state index in [0.717, 1.165) is 55.4 Å². The molecule has 0 radical (unpaired) electrons. The molecule has 0 bridgehead atoms. The monoisotopic (exact) mass is 439 g/mol. The van der Waals surface area contributed by atoms with Gasteiger partial charge < -0.3 is 15.2 Å². The van der Waals surface area contributed by atoms with E-state index in [4.69, 9.17) is 4.74 Å². The molecule has 4 nitrogen and oxygen atoms in total. The highest BCUT2D eigenvalue weighted by atomic mass is 16.5. The summed E-state index contributed by atoms with van der Waals surface area (Å²) in [6, 6.07) is 7.73. The van der Waals surface area contributed by atoms with E-state index in [1.165, 1.54) is 5.57 Å². The molecule has 4 atom stereocenters. The molecule has 32 heavy (non-hydrogen) atoms. The molecule has 0 aromatic heterocycles. The molecular formula is C28H41NO3. The van der Waals surface area contributed by atoms with Crippen molar-refractivity contribution >= 4 is 5.91 Å². The molecule has 2 aliphatic rings. The standard InChI is InChI=1S/C28H41NO3/c1-19(17-26(31)29-18-21-9-11-22(32-6)12-10-21)7-13-23-20(2)8-14-24-27(3,4)25(30)15-16-28(23,24)5/h9-12,17,23-25,30H,2,7-8,13-16,18H2,1,3-6H3,(H,29,31)/b19-17+/t23-,24-,25-,28+/m1/s1. The quantitative estimate of drug-likeness (QED) is 0.416. The normalized spacial score (nSPS) is 29.9. The van der Waals surface area contributed by atoms with Crippen LogP contribution in [0.3, 0.4) is 0 Å². The number of methoxy groups -OCH3 is 1. The van der Waals surface area contributed by atoms with E-state index in [2.05, 4.69) is 32.7 Å². The minimum Gasteiger partial charge on any atom is -0.497 e. The van der Waals surface area contributed by atoms with Gasteiger partial charge >= 0.3 is 0 Å². The summed E-state index contributed by atoms with van der Waals surface area (Å²) >= 11 is 0. The summed E-state index contributed by atoms with van der Waals surface area (Å²) in [6.07, 6.45) is 7.53. The van der Waals surface area contributed by atoms with Gasteiger partial charge in [0, 0.05) is 12.6 Å². The molecule has 2 fully saturated rings. The number of aliphatic hydroxyl groups is 1. The van der Waals surface area contributed by atoms with Crippen molar-refractivity contribution in [1.29, 1.82) is 0 Å². The summed E-state index contributed by atoms with van der Waals surface area (Å²) < 4.78 is 5.17. The fourth-order valence-corrected chi connectivity index (χ4v) is 6.35. The van der Waals surface area contributed by atoms with Gasteiger partial charge in [-0.05, 0) is 85.8 Å². The molecule has 0 spiro atoms. The summed E-state index contributed by atoms with van der Waals surface area (Å²) in [5, 5.41) is 13.6. The van der Waals surface area contributed by atoms with Gasteiger partial charge in [0.05, 0.1) is 13.2 Å². The van der Waals surface area contributed by atoms with Gasteiger partial charge in [-0.3, -0.25) is 4.79 Å². The second-order valence-electron chi connectivity index (χ2n) is 10.8. The number of carbonyl (C=O) groups excluding carboxylic acids is 1. The number of carbonyl (C=O) groups is 1. The fraction of sp³-hybridized carbons (Fsp3) is 0.607. The Kier molecular flexibility index (Phi) is 7.54. The van der Waals surface area contributed by atoms with Gasteiger partial charge in [-0.2, -0.15) is 0 Å². The van der Waals surface area contributed by atoms with Crippen molar-refractivity contribution in [3.8, 4) is 5.75 Å². The minimum absolute atomic E-state index is 0.0493. The number of hydrogen-bond acceptors (Lipinski definition) is 3. The molecule has 3 rings (SSSR count). The van der Waals surface area contributed by atoms with Gasteiger partial charge in [-0.25, -0.2) is 0 Å². The molecule has 0 saturated heterocycles. The zero-order valence-corrected chi connectivity index (χ0v) is 20.5. The Labute approximate surface area is 194 Å². The van der Waals surface area contributed by atoms with Crippen LogP contribution < -0.4 is 10.1 Å². The van der Waals surface area contributed by atoms with E-state index in [-0.39, 0.29) is 22.8 Å². The summed E-state index contributed by atoms with van der Waals surface area (Å²) in [6.45, 7) is 13.9. The van der Waals surface area contributed by atoms with Gasteiger partial charge in [0.1, 0.15) is 5.75 Å². The molecule has 2 N–H and O–H groups in total. The van der Waals surface area contributed by atoms with Crippen molar-refractivity contribution < 1.29 is 14.6 Å². The number of ether oxygens (including phenoxy) is 1. The second-order valence-corrected chi connectivity index (χ2v) is 10.8. The highest BCUT2D eigenvalue weighted by molar-refractivity contribution is 5.88. The molecule has 0 aliphatic heterocycles. The fourth-order valence-electron chi connectivity index (χ4n) is 6.35. The number of allylic oxidation sites excluding steroid dienone is 2. The lowest BCUT2D eigenvalue weighted by Crippen LogP contribution is -2.54. The van der Waals surface area contributed by atoms with Crippen molar-refractivity contribution in [3.05, 3.63) is 53.6 Å². The van der Waals surface area contributed by atoms with Crippen LogP contribution in [0.4, 0.5) is 0 Å². The van der Waals surface area contributed by atoms with Crippen LogP contribution in [0.1, 0.15) is 71.8 Å². The van der Waals surface area contributed by atoms with E-state index in [1.807, 2.05) is 31.2 Å². The highest BCUT2D eigenvalue weighted by Gasteiger charge is 2.55. The first-order chi connectivity index (χ1) is 15.1. The van der Waals surface area contributed by atoms with Gasteiger partial charge in [0.25, 0.3) is 0 Å². The van der Waals surface area contributed by atoms with Crippen molar-refractivity contribution in [1.82, 2.24) is 5.32 Å². The smallest absolute Gasteiger partial charge is 0.244 e. The lowest BCUT2D eigenvalue weighted by molar-refractivity contribution is -0.124. The summed E-state index contributed by atoms with van der Waals surface area (Å²) in [5.41, 5.74) is 3.62. The van der Waals surface area contributed by atoms with Crippen LogP contribution >= 0.6 is 0 Å². The Morgan fingerprint density at radius 2 is 1.94 bits per heavy atom. The molecule has 1 aromatic rings. The number of fused-ring (bicyclic) bond motifs is 1. The minimum atomic E-state index is -0.219. The number of amides is 1. The van der Waals surface area contributed by atoms with Crippen LogP contribution in [0.5, 0.6) is 5.75 Å². The average Bonchev–Trinajstić information content (AvgIpc) is 2.75. The highest BCUT2D eigenvalue weighted by Crippen LogP contribution is 2.61. The molecule has 176 valence electrons. The largest absolute Gasteiger partial charge is 0.497 e. The third-order valence-electron chi connectivity index (χ3n) is 8.38. The van der Waals surface area contributed by atoms with Gasteiger partial charge in [0.15, 0.2) is 0 Å². The molecule has 4 heteroatoms. The lowest BCUT2D eigenvalue weighted by Gasteiger charge is -2.59. The maximum atomic E-state index is 12.4. The van der Waals surface area contributed by atoms with Crippen LogP contribution in [0.25, 0.3) is 0 Å². The summed E-state index contributed by atoms with van der Waals surface area (Å²) in [7, 11) is 1.64. The van der Waals surface area contributed by atoms with Gasteiger partial charge in [0.2, 0.25) is 5.91 Å². The van der Waals surface area contributed by atoms with Crippen LogP contribution in [0.2, 0.25) is 0 Å². The molecule has 0 heterocycles. The zero-order valence-electron chi connectivity index (χ0n) is 20.5. The lowest BCUT2D eigenvalue weighted by atomic mass is 9.46. The number of aliphatic hydroxyl groups excluding tert-OH is 1. The Morgan fingerprint density at radius 3 is 2.59 bits per heavy atom. The Bertz CT molecular complexity index is 854. The van der Waals surface area contributed by atoms with E-state index >= 15 is 0 Å². The summed E-state index contributed by atoms with van der Waals surface area (Å²) in [5.74, 6) is 1.71. The average molecular weight is 440 g/mol. The van der Waals surface area contributed by atoms with E-state index in [9.17, 15) is 9.90 Å². The number of benzene rings is 1. The number of nitrogens with one attached hydrogen (secondary N) is 1. The maximum Gasteiger partial charge on any atom is 0.244 e. The van der Waals surface area contributed by atoms with Gasteiger partial charge in [-0.15, -0.1) is 0 Å². The molecule has 1 amide bonds. The number of rotatable bonds is 7. The molecular weight excluding hydrogens is 398 g/mol. The Balaban J connectivity index is 1.58. The van der Waals surface area contributed by atoms with Crippen LogP contribution in [0.15, 0.2) is 48.1 Å². The first-order valence-corrected chi connectivity index (χ1v) is 12.0. The number of hydrogen-bond donors (Lipinski definition) is 2. The van der Waals surface area contributed by atoms with E-state index < -0.39 is 0 Å². The van der Waals surface area contributed by atoms with Crippen LogP contribution in [0, 0.1) is 22.7 Å². The third-order valence-corrected chi connectivity index (χ3v) is 8.38. The van der Waals surface area contributed by atoms with Gasteiger partial charge in [-0.1, -0.05) is 50.6 Å². The van der Waals surface area contributed by atoms with Crippen molar-refractivity contribution in [2.24, 2.45) is 22.7 Å². The van der Waals surface area contributed by atoms with E-state index in [0.29, 0.717) is 18.4 Å². The maximum absolute atomic E-state index is 12.4. The zero-order chi connectivity index (χ0) is 23.5. The van der Waals surface area contributed by atoms with E-state index in [1.54, 1.807) is 13.2 Å². The Morgan fingerprint density at radius 1 is 1.25 bits per heavy atom. The van der Waals surface area contributed by atoms with Crippen molar-refractivity contribution in [2.75, 3.05) is 7.11 Å². The second kappa shape index (κ2) is 9.82. The Hall–Kier alpha value is -2.07. The predicted molar refractivity (Wildman–Crippen MR) is 130 cm³/mol. The molecule has 2 aliphatic carbocycles. The first-order valence-electron chi connectivity index (χ1n) is 12.0. The SMILES string of the molecule is C=C1CC[C@@H]2C(C)(C)[C@H](O)CC[C@@]2(C)[C@@H]1CC/C(C)=C/C(=O)NCc1ccc(OC)cc1.